The molecule has 1 amide bonds. The normalized spacial score (nSPS) is 16.8. The van der Waals surface area contributed by atoms with Gasteiger partial charge in [0, 0.05) is 24.9 Å². The zero-order valence-corrected chi connectivity index (χ0v) is 24.7. The van der Waals surface area contributed by atoms with Gasteiger partial charge >= 0.3 is 11.9 Å². The van der Waals surface area contributed by atoms with Gasteiger partial charge in [-0.2, -0.15) is 0 Å². The third-order valence-corrected chi connectivity index (χ3v) is 7.77. The summed E-state index contributed by atoms with van der Waals surface area (Å²) in [5.74, 6) is 0.710. The van der Waals surface area contributed by atoms with Crippen molar-refractivity contribution in [3.8, 4) is 34.1 Å². The zero-order chi connectivity index (χ0) is 31.1. The fourth-order valence-corrected chi connectivity index (χ4v) is 5.56. The smallest absolute Gasteiger partial charge is 0.303 e. The SMILES string of the molecule is CCNC(=O)c1cc(OC2CC(c3cccc(OCCCC(=O)O)c3CCC(=O)O)C2)cc(-c2ccc3c(c2)OCCO3)c1. The van der Waals surface area contributed by atoms with Crippen molar-refractivity contribution in [2.45, 2.75) is 57.5 Å². The number of rotatable bonds is 14. The quantitative estimate of drug-likeness (QED) is 0.205. The van der Waals surface area contributed by atoms with Crippen molar-refractivity contribution in [2.75, 3.05) is 26.4 Å². The van der Waals surface area contributed by atoms with Crippen LogP contribution in [0.25, 0.3) is 11.1 Å². The van der Waals surface area contributed by atoms with Gasteiger partial charge in [0.2, 0.25) is 0 Å². The average Bonchev–Trinajstić information content (AvgIpc) is 2.99. The number of fused-ring (bicyclic) bond motifs is 1. The standard InChI is InChI=1S/C34H37NO9/c1-2-35-34(40)24-15-22(21-8-10-30-31(20-21)43-14-13-42-30)16-25(19-24)44-26-17-23(18-26)27-5-3-6-29(28(27)9-11-33(38)39)41-12-4-7-32(36)37/h3,5-6,8,10,15-16,19-20,23,26H,2,4,7,9,11-14,17-18H2,1H3,(H,35,40)(H,36,37)(H,38,39). The molecular weight excluding hydrogens is 566 g/mol. The van der Waals surface area contributed by atoms with E-state index in [4.69, 9.17) is 24.1 Å². The average molecular weight is 604 g/mol. The van der Waals surface area contributed by atoms with Gasteiger partial charge in [0.25, 0.3) is 5.91 Å². The van der Waals surface area contributed by atoms with Crippen LogP contribution >= 0.6 is 0 Å². The Morgan fingerprint density at radius 1 is 0.909 bits per heavy atom. The molecule has 10 heteroatoms. The van der Waals surface area contributed by atoms with E-state index in [1.54, 1.807) is 12.1 Å². The Balaban J connectivity index is 1.32. The maximum atomic E-state index is 12.8. The third kappa shape index (κ3) is 7.61. The number of carbonyl (C=O) groups excluding carboxylic acids is 1. The summed E-state index contributed by atoms with van der Waals surface area (Å²) in [6.45, 7) is 3.59. The summed E-state index contributed by atoms with van der Waals surface area (Å²) in [5.41, 5.74) is 4.05. The lowest BCUT2D eigenvalue weighted by molar-refractivity contribution is -0.138. The summed E-state index contributed by atoms with van der Waals surface area (Å²) in [4.78, 5) is 35.1. The Morgan fingerprint density at radius 3 is 2.43 bits per heavy atom. The second-order valence-corrected chi connectivity index (χ2v) is 10.9. The molecule has 44 heavy (non-hydrogen) atoms. The molecule has 3 aromatic rings. The number of aliphatic carboxylic acids is 2. The van der Waals surface area contributed by atoms with E-state index in [0.717, 1.165) is 22.3 Å². The molecule has 1 heterocycles. The highest BCUT2D eigenvalue weighted by atomic mass is 16.6. The minimum Gasteiger partial charge on any atom is -0.493 e. The number of carboxylic acid groups (broad SMARTS) is 2. The Kier molecular flexibility index (Phi) is 9.89. The molecule has 1 aliphatic heterocycles. The number of benzene rings is 3. The largest absolute Gasteiger partial charge is 0.493 e. The van der Waals surface area contributed by atoms with Crippen LogP contribution < -0.4 is 24.3 Å². The van der Waals surface area contributed by atoms with E-state index in [-0.39, 0.29) is 37.4 Å². The predicted molar refractivity (Wildman–Crippen MR) is 162 cm³/mol. The molecule has 1 fully saturated rings. The van der Waals surface area contributed by atoms with Crippen LogP contribution in [-0.2, 0) is 16.0 Å². The number of carbonyl (C=O) groups is 3. The summed E-state index contributed by atoms with van der Waals surface area (Å²) in [6, 6.07) is 16.9. The van der Waals surface area contributed by atoms with Gasteiger partial charge in [-0.05, 0) is 97.2 Å². The highest BCUT2D eigenvalue weighted by Crippen LogP contribution is 2.43. The zero-order valence-electron chi connectivity index (χ0n) is 24.7. The van der Waals surface area contributed by atoms with Gasteiger partial charge < -0.3 is 34.5 Å². The van der Waals surface area contributed by atoms with E-state index >= 15 is 0 Å². The molecule has 0 radical (unpaired) electrons. The van der Waals surface area contributed by atoms with Crippen LogP contribution in [-0.4, -0.2) is 60.5 Å². The molecule has 0 aromatic heterocycles. The van der Waals surface area contributed by atoms with Crippen molar-refractivity contribution in [3.63, 3.8) is 0 Å². The van der Waals surface area contributed by atoms with Crippen molar-refractivity contribution < 1.29 is 43.5 Å². The van der Waals surface area contributed by atoms with E-state index < -0.39 is 11.9 Å². The maximum Gasteiger partial charge on any atom is 0.303 e. The number of nitrogens with one attached hydrogen (secondary N) is 1. The molecule has 5 rings (SSSR count). The first kappa shape index (κ1) is 30.7. The van der Waals surface area contributed by atoms with Crippen molar-refractivity contribution in [1.29, 1.82) is 0 Å². The Labute approximate surface area is 255 Å². The molecular formula is C34H37NO9. The molecule has 2 aliphatic rings. The third-order valence-electron chi connectivity index (χ3n) is 7.77. The maximum absolute atomic E-state index is 12.8. The summed E-state index contributed by atoms with van der Waals surface area (Å²) >= 11 is 0. The number of carboxylic acids is 2. The highest BCUT2D eigenvalue weighted by molar-refractivity contribution is 5.96. The van der Waals surface area contributed by atoms with Crippen molar-refractivity contribution in [3.05, 3.63) is 71.3 Å². The Hall–Kier alpha value is -4.73. The van der Waals surface area contributed by atoms with Crippen LogP contribution in [0.3, 0.4) is 0 Å². The van der Waals surface area contributed by atoms with Gasteiger partial charge in [-0.3, -0.25) is 14.4 Å². The van der Waals surface area contributed by atoms with Gasteiger partial charge in [0.05, 0.1) is 12.7 Å². The van der Waals surface area contributed by atoms with Crippen molar-refractivity contribution in [2.24, 2.45) is 0 Å². The Morgan fingerprint density at radius 2 is 1.68 bits per heavy atom. The predicted octanol–water partition coefficient (Wildman–Crippen LogP) is 5.46. The summed E-state index contributed by atoms with van der Waals surface area (Å²) in [7, 11) is 0. The number of ether oxygens (including phenoxy) is 4. The van der Waals surface area contributed by atoms with Crippen LogP contribution in [0.1, 0.15) is 66.4 Å². The molecule has 10 nitrogen and oxygen atoms in total. The fourth-order valence-electron chi connectivity index (χ4n) is 5.56. The minimum atomic E-state index is -0.896. The number of hydrogen-bond donors (Lipinski definition) is 3. The first-order chi connectivity index (χ1) is 21.3. The van der Waals surface area contributed by atoms with Crippen molar-refractivity contribution >= 4 is 17.8 Å². The second kappa shape index (κ2) is 14.2. The van der Waals surface area contributed by atoms with Crippen molar-refractivity contribution in [1.82, 2.24) is 5.32 Å². The van der Waals surface area contributed by atoms with E-state index in [0.29, 0.717) is 74.0 Å². The number of amides is 1. The monoisotopic (exact) mass is 603 g/mol. The molecule has 1 aliphatic carbocycles. The highest BCUT2D eigenvalue weighted by Gasteiger charge is 2.34. The first-order valence-electron chi connectivity index (χ1n) is 15.0. The van der Waals surface area contributed by atoms with Gasteiger partial charge in [-0.15, -0.1) is 0 Å². The topological polar surface area (TPSA) is 141 Å². The molecule has 1 saturated carbocycles. The van der Waals surface area contributed by atoms with Crippen LogP contribution in [0.5, 0.6) is 23.0 Å². The molecule has 3 N–H and O–H groups in total. The van der Waals surface area contributed by atoms with Gasteiger partial charge in [0.1, 0.15) is 24.7 Å². The molecule has 3 aromatic carbocycles. The lowest BCUT2D eigenvalue weighted by atomic mass is 9.75. The summed E-state index contributed by atoms with van der Waals surface area (Å²) in [5, 5.41) is 21.1. The van der Waals surface area contributed by atoms with E-state index in [1.165, 1.54) is 0 Å². The Bertz CT molecular complexity index is 1510. The molecule has 0 unspecified atom stereocenters. The number of hydrogen-bond acceptors (Lipinski definition) is 7. The molecule has 232 valence electrons. The van der Waals surface area contributed by atoms with E-state index in [9.17, 15) is 19.5 Å². The summed E-state index contributed by atoms with van der Waals surface area (Å²) < 4.78 is 23.7. The fraction of sp³-hybridized carbons (Fsp3) is 0.382. The van der Waals surface area contributed by atoms with Crippen LogP contribution in [0, 0.1) is 0 Å². The van der Waals surface area contributed by atoms with Gasteiger partial charge in [-0.1, -0.05) is 18.2 Å². The van der Waals surface area contributed by atoms with Crippen LogP contribution in [0.15, 0.2) is 54.6 Å². The molecule has 0 saturated heterocycles. The molecule has 0 spiro atoms. The van der Waals surface area contributed by atoms with E-state index in [1.807, 2.05) is 49.4 Å². The van der Waals surface area contributed by atoms with Crippen LogP contribution in [0.2, 0.25) is 0 Å². The van der Waals surface area contributed by atoms with Gasteiger partial charge in [0.15, 0.2) is 11.5 Å². The minimum absolute atomic E-state index is 0.00345. The molecule has 0 atom stereocenters. The van der Waals surface area contributed by atoms with Gasteiger partial charge in [-0.25, -0.2) is 0 Å². The van der Waals surface area contributed by atoms with Crippen LogP contribution in [0.4, 0.5) is 0 Å². The first-order valence-corrected chi connectivity index (χ1v) is 15.0. The lowest BCUT2D eigenvalue weighted by Gasteiger charge is -2.37. The lowest BCUT2D eigenvalue weighted by Crippen LogP contribution is -2.33. The second-order valence-electron chi connectivity index (χ2n) is 10.9. The molecule has 0 bridgehead atoms. The van der Waals surface area contributed by atoms with E-state index in [2.05, 4.69) is 5.32 Å². The summed E-state index contributed by atoms with van der Waals surface area (Å²) in [6.07, 6.45) is 1.98.